The van der Waals surface area contributed by atoms with E-state index in [-0.39, 0.29) is 24.3 Å². The number of anilines is 1. The maximum absolute atomic E-state index is 12.4. The van der Waals surface area contributed by atoms with Crippen LogP contribution in [0.25, 0.3) is 0 Å². The largest absolute Gasteiger partial charge is 0.497 e. The van der Waals surface area contributed by atoms with Crippen molar-refractivity contribution in [3.63, 3.8) is 0 Å². The summed E-state index contributed by atoms with van der Waals surface area (Å²) in [5.41, 5.74) is 7.43. The van der Waals surface area contributed by atoms with E-state index in [1.807, 2.05) is 31.2 Å². The fourth-order valence-electron chi connectivity index (χ4n) is 2.53. The van der Waals surface area contributed by atoms with Gasteiger partial charge >= 0.3 is 6.03 Å². The van der Waals surface area contributed by atoms with Crippen LogP contribution in [0.3, 0.4) is 0 Å². The first-order valence-electron chi connectivity index (χ1n) is 8.70. The lowest BCUT2D eigenvalue weighted by molar-refractivity contribution is -0.130. The number of nitrogens with one attached hydrogen (secondary N) is 3. The fourth-order valence-corrected chi connectivity index (χ4v) is 2.53. The summed E-state index contributed by atoms with van der Waals surface area (Å²) in [7, 11) is 3.28. The Labute approximate surface area is 164 Å². The fraction of sp³-hybridized carbons (Fsp3) is 0.250. The summed E-state index contributed by atoms with van der Waals surface area (Å²) in [6.07, 6.45) is 0. The van der Waals surface area contributed by atoms with E-state index in [9.17, 15) is 9.59 Å². The molecule has 2 rings (SSSR count). The molecule has 2 aromatic carbocycles. The van der Waals surface area contributed by atoms with Crippen molar-refractivity contribution in [2.45, 2.75) is 13.0 Å². The summed E-state index contributed by atoms with van der Waals surface area (Å²) < 4.78 is 5.21. The Morgan fingerprint density at radius 3 is 2.50 bits per heavy atom. The van der Waals surface area contributed by atoms with Gasteiger partial charge in [-0.25, -0.2) is 4.79 Å². The second-order valence-electron chi connectivity index (χ2n) is 6.26. The molecule has 0 aliphatic heterocycles. The van der Waals surface area contributed by atoms with Crippen LogP contribution in [0.5, 0.6) is 5.75 Å². The van der Waals surface area contributed by atoms with Gasteiger partial charge in [-0.15, -0.1) is 0 Å². The highest BCUT2D eigenvalue weighted by Crippen LogP contribution is 2.22. The molecule has 0 aliphatic carbocycles. The van der Waals surface area contributed by atoms with Gasteiger partial charge in [-0.05, 0) is 48.9 Å². The van der Waals surface area contributed by atoms with Crippen LogP contribution in [0.4, 0.5) is 10.5 Å². The van der Waals surface area contributed by atoms with E-state index in [1.165, 1.54) is 0 Å². The molecule has 8 nitrogen and oxygen atoms in total. The van der Waals surface area contributed by atoms with Gasteiger partial charge in [-0.2, -0.15) is 0 Å². The molecule has 28 heavy (non-hydrogen) atoms. The van der Waals surface area contributed by atoms with Crippen LogP contribution in [-0.2, 0) is 4.79 Å². The second-order valence-corrected chi connectivity index (χ2v) is 6.26. The molecular formula is C20H25N5O3. The van der Waals surface area contributed by atoms with E-state index in [4.69, 9.17) is 15.9 Å². The lowest BCUT2D eigenvalue weighted by Gasteiger charge is -2.25. The normalized spacial score (nSPS) is 11.2. The summed E-state index contributed by atoms with van der Waals surface area (Å²) in [5.74, 6) is 0.450. The molecule has 8 heteroatoms. The molecule has 2 aromatic rings. The standard InChI is InChI=1S/C20H25N5O3/c1-13(15-5-4-6-17(11-15)28-3)25(2)18(26)12-23-20(27)24-16-9-7-14(8-10-16)19(21)22/h4-11,13H,12H2,1-3H3,(H3,21,22)(H2,23,24,27). The lowest BCUT2D eigenvalue weighted by Crippen LogP contribution is -2.40. The maximum atomic E-state index is 12.4. The number of rotatable bonds is 7. The number of nitrogens with zero attached hydrogens (tertiary/aromatic N) is 1. The third-order valence-electron chi connectivity index (χ3n) is 4.40. The molecule has 0 radical (unpaired) electrons. The first-order chi connectivity index (χ1) is 13.3. The van der Waals surface area contributed by atoms with E-state index in [2.05, 4.69) is 10.6 Å². The van der Waals surface area contributed by atoms with Crippen molar-refractivity contribution in [1.29, 1.82) is 5.41 Å². The van der Waals surface area contributed by atoms with Crippen molar-refractivity contribution in [1.82, 2.24) is 10.2 Å². The zero-order valence-electron chi connectivity index (χ0n) is 16.2. The molecule has 0 heterocycles. The minimum absolute atomic E-state index is 0.0465. The average molecular weight is 383 g/mol. The maximum Gasteiger partial charge on any atom is 0.319 e. The molecule has 0 spiro atoms. The summed E-state index contributed by atoms with van der Waals surface area (Å²) >= 11 is 0. The molecule has 5 N–H and O–H groups in total. The number of benzene rings is 2. The Hall–Kier alpha value is -3.55. The zero-order valence-corrected chi connectivity index (χ0v) is 16.2. The number of likely N-dealkylation sites (N-methyl/N-ethyl adjacent to an activating group) is 1. The first kappa shape index (κ1) is 20.8. The van der Waals surface area contributed by atoms with Crippen molar-refractivity contribution in [2.75, 3.05) is 26.0 Å². The molecule has 3 amide bonds. The van der Waals surface area contributed by atoms with Crippen molar-refractivity contribution < 1.29 is 14.3 Å². The molecule has 0 saturated heterocycles. The number of amidine groups is 1. The van der Waals surface area contributed by atoms with Gasteiger partial charge in [-0.1, -0.05) is 12.1 Å². The van der Waals surface area contributed by atoms with Crippen LogP contribution in [0.1, 0.15) is 24.1 Å². The Balaban J connectivity index is 1.87. The Kier molecular flexibility index (Phi) is 6.97. The Morgan fingerprint density at radius 2 is 1.89 bits per heavy atom. The molecular weight excluding hydrogens is 358 g/mol. The molecule has 1 unspecified atom stereocenters. The van der Waals surface area contributed by atoms with Crippen LogP contribution >= 0.6 is 0 Å². The summed E-state index contributed by atoms with van der Waals surface area (Å²) in [6, 6.07) is 13.4. The van der Waals surface area contributed by atoms with Crippen LogP contribution < -0.4 is 21.1 Å². The molecule has 0 aliphatic rings. The van der Waals surface area contributed by atoms with E-state index >= 15 is 0 Å². The second kappa shape index (κ2) is 9.40. The minimum Gasteiger partial charge on any atom is -0.497 e. The Bertz CT molecular complexity index is 851. The predicted octanol–water partition coefficient (Wildman–Crippen LogP) is 2.32. The van der Waals surface area contributed by atoms with Gasteiger partial charge in [0.25, 0.3) is 0 Å². The van der Waals surface area contributed by atoms with Crippen molar-refractivity contribution >= 4 is 23.5 Å². The van der Waals surface area contributed by atoms with Crippen molar-refractivity contribution in [3.05, 3.63) is 59.7 Å². The third-order valence-corrected chi connectivity index (χ3v) is 4.40. The quantitative estimate of drug-likeness (QED) is 0.433. The summed E-state index contributed by atoms with van der Waals surface area (Å²) in [6.45, 7) is 1.77. The number of ether oxygens (including phenoxy) is 1. The summed E-state index contributed by atoms with van der Waals surface area (Å²) in [4.78, 5) is 26.0. The highest BCUT2D eigenvalue weighted by molar-refractivity contribution is 5.96. The molecule has 0 aromatic heterocycles. The monoisotopic (exact) mass is 383 g/mol. The van der Waals surface area contributed by atoms with Gasteiger partial charge in [-0.3, -0.25) is 10.2 Å². The van der Waals surface area contributed by atoms with E-state index < -0.39 is 6.03 Å². The van der Waals surface area contributed by atoms with Crippen LogP contribution in [0, 0.1) is 5.41 Å². The topological polar surface area (TPSA) is 121 Å². The van der Waals surface area contributed by atoms with Gasteiger partial charge in [0, 0.05) is 18.3 Å². The number of carbonyl (C=O) groups is 2. The molecule has 0 saturated carbocycles. The molecule has 148 valence electrons. The number of nitrogen functional groups attached to an aromatic ring is 1. The van der Waals surface area contributed by atoms with E-state index in [1.54, 1.807) is 43.3 Å². The lowest BCUT2D eigenvalue weighted by atomic mass is 10.1. The first-order valence-corrected chi connectivity index (χ1v) is 8.70. The highest BCUT2D eigenvalue weighted by atomic mass is 16.5. The number of methoxy groups -OCH3 is 1. The van der Waals surface area contributed by atoms with Crippen molar-refractivity contribution in [3.8, 4) is 5.75 Å². The van der Waals surface area contributed by atoms with Crippen LogP contribution in [0.15, 0.2) is 48.5 Å². The number of amides is 3. The minimum atomic E-state index is -0.494. The molecule has 0 bridgehead atoms. The zero-order chi connectivity index (χ0) is 20.7. The number of carbonyl (C=O) groups excluding carboxylic acids is 2. The average Bonchev–Trinajstić information content (AvgIpc) is 2.71. The number of nitrogens with two attached hydrogens (primary N) is 1. The number of hydrogen-bond donors (Lipinski definition) is 4. The van der Waals surface area contributed by atoms with E-state index in [0.717, 1.165) is 11.3 Å². The SMILES string of the molecule is COc1cccc(C(C)N(C)C(=O)CNC(=O)Nc2ccc(C(=N)N)cc2)c1. The van der Waals surface area contributed by atoms with Gasteiger partial charge in [0.1, 0.15) is 11.6 Å². The smallest absolute Gasteiger partial charge is 0.319 e. The van der Waals surface area contributed by atoms with Gasteiger partial charge in [0.05, 0.1) is 19.7 Å². The highest BCUT2D eigenvalue weighted by Gasteiger charge is 2.18. The predicted molar refractivity (Wildman–Crippen MR) is 109 cm³/mol. The number of hydrogen-bond acceptors (Lipinski definition) is 4. The number of urea groups is 1. The van der Waals surface area contributed by atoms with Gasteiger partial charge < -0.3 is 26.0 Å². The van der Waals surface area contributed by atoms with Crippen LogP contribution in [-0.4, -0.2) is 43.4 Å². The molecule has 0 fully saturated rings. The van der Waals surface area contributed by atoms with Crippen LogP contribution in [0.2, 0.25) is 0 Å². The van der Waals surface area contributed by atoms with E-state index in [0.29, 0.717) is 11.3 Å². The summed E-state index contributed by atoms with van der Waals surface area (Å²) in [5, 5.41) is 12.5. The van der Waals surface area contributed by atoms with Crippen molar-refractivity contribution in [2.24, 2.45) is 5.73 Å². The van der Waals surface area contributed by atoms with Gasteiger partial charge in [0.15, 0.2) is 0 Å². The Morgan fingerprint density at radius 1 is 1.21 bits per heavy atom. The molecule has 1 atom stereocenters. The van der Waals surface area contributed by atoms with Gasteiger partial charge in [0.2, 0.25) is 5.91 Å². The third kappa shape index (κ3) is 5.47.